The first-order valence-electron chi connectivity index (χ1n) is 4.56. The van der Waals surface area contributed by atoms with Crippen LogP contribution in [0.1, 0.15) is 5.76 Å². The fourth-order valence-electron chi connectivity index (χ4n) is 1.41. The van der Waals surface area contributed by atoms with Crippen LogP contribution in [0.25, 0.3) is 22.7 Å². The molecule has 0 amide bonds. The second-order valence-corrected chi connectivity index (χ2v) is 3.24. The summed E-state index contributed by atoms with van der Waals surface area (Å²) in [5.74, 6) is 2.09. The van der Waals surface area contributed by atoms with Crippen molar-refractivity contribution in [3.63, 3.8) is 0 Å². The van der Waals surface area contributed by atoms with Crippen molar-refractivity contribution in [3.8, 4) is 11.6 Å². The molecule has 0 atom stereocenters. The van der Waals surface area contributed by atoms with Crippen molar-refractivity contribution < 1.29 is 4.42 Å². The molecule has 3 aromatic rings. The van der Waals surface area contributed by atoms with Crippen LogP contribution in [-0.4, -0.2) is 19.9 Å². The van der Waals surface area contributed by atoms with Crippen LogP contribution in [0.4, 0.5) is 0 Å². The topological polar surface area (TPSA) is 67.6 Å². The van der Waals surface area contributed by atoms with Crippen molar-refractivity contribution in [2.75, 3.05) is 0 Å². The Morgan fingerprint density at radius 2 is 2.20 bits per heavy atom. The normalized spacial score (nSPS) is 11.0. The van der Waals surface area contributed by atoms with E-state index in [1.165, 1.54) is 0 Å². The predicted molar refractivity (Wildman–Crippen MR) is 54.1 cm³/mol. The van der Waals surface area contributed by atoms with Crippen LogP contribution in [0.2, 0.25) is 0 Å². The summed E-state index contributed by atoms with van der Waals surface area (Å²) in [4.78, 5) is 15.5. The summed E-state index contributed by atoms with van der Waals surface area (Å²) in [6, 6.07) is 3.74. The third kappa shape index (κ3) is 1.28. The summed E-state index contributed by atoms with van der Waals surface area (Å²) in [6.07, 6.45) is 3.27. The van der Waals surface area contributed by atoms with Gasteiger partial charge in [0, 0.05) is 0 Å². The number of H-pyrrole nitrogens is 1. The Labute approximate surface area is 85.2 Å². The number of furan rings is 1. The van der Waals surface area contributed by atoms with E-state index in [9.17, 15) is 0 Å². The molecule has 0 aliphatic heterocycles. The maximum absolute atomic E-state index is 5.44. The van der Waals surface area contributed by atoms with Crippen molar-refractivity contribution in [2.24, 2.45) is 0 Å². The van der Waals surface area contributed by atoms with Crippen LogP contribution < -0.4 is 0 Å². The lowest BCUT2D eigenvalue weighted by Crippen LogP contribution is -1.87. The van der Waals surface area contributed by atoms with E-state index in [4.69, 9.17) is 4.42 Å². The number of rotatable bonds is 1. The van der Waals surface area contributed by atoms with E-state index in [0.717, 1.165) is 11.3 Å². The first-order chi connectivity index (χ1) is 7.33. The highest BCUT2D eigenvalue weighted by Gasteiger charge is 2.07. The minimum absolute atomic E-state index is 0.569. The van der Waals surface area contributed by atoms with E-state index in [2.05, 4.69) is 19.9 Å². The van der Waals surface area contributed by atoms with E-state index < -0.39 is 0 Å². The van der Waals surface area contributed by atoms with Gasteiger partial charge in [-0.15, -0.1) is 0 Å². The van der Waals surface area contributed by atoms with Crippen molar-refractivity contribution in [1.82, 2.24) is 19.9 Å². The molecular formula is C10H8N4O. The molecule has 5 heteroatoms. The molecule has 0 saturated heterocycles. The second kappa shape index (κ2) is 2.91. The number of aromatic nitrogens is 4. The number of hydrogen-bond acceptors (Lipinski definition) is 4. The van der Waals surface area contributed by atoms with Crippen molar-refractivity contribution in [1.29, 1.82) is 0 Å². The molecule has 74 valence electrons. The van der Waals surface area contributed by atoms with Gasteiger partial charge in [-0.25, -0.2) is 15.0 Å². The smallest absolute Gasteiger partial charge is 0.197 e. The highest BCUT2D eigenvalue weighted by atomic mass is 16.3. The molecule has 0 fully saturated rings. The Hall–Kier alpha value is -2.17. The van der Waals surface area contributed by atoms with Gasteiger partial charge in [-0.05, 0) is 19.1 Å². The Kier molecular flexibility index (Phi) is 1.58. The van der Waals surface area contributed by atoms with Crippen LogP contribution in [0.5, 0.6) is 0 Å². The van der Waals surface area contributed by atoms with Gasteiger partial charge in [0.2, 0.25) is 0 Å². The summed E-state index contributed by atoms with van der Waals surface area (Å²) >= 11 is 0. The van der Waals surface area contributed by atoms with Crippen molar-refractivity contribution in [2.45, 2.75) is 6.92 Å². The Morgan fingerprint density at radius 3 is 3.00 bits per heavy atom. The monoisotopic (exact) mass is 200 g/mol. The zero-order chi connectivity index (χ0) is 10.3. The lowest BCUT2D eigenvalue weighted by molar-refractivity contribution is 0.544. The molecule has 0 bridgehead atoms. The molecule has 0 saturated carbocycles. The van der Waals surface area contributed by atoms with Crippen LogP contribution in [0.15, 0.2) is 29.1 Å². The van der Waals surface area contributed by atoms with E-state index in [1.807, 2.05) is 19.1 Å². The number of fused-ring (bicyclic) bond motifs is 1. The first kappa shape index (κ1) is 8.16. The molecule has 0 aliphatic rings. The summed E-state index contributed by atoms with van der Waals surface area (Å²) in [7, 11) is 0. The minimum Gasteiger partial charge on any atom is -0.458 e. The number of aromatic amines is 1. The molecule has 3 rings (SSSR count). The molecule has 5 nitrogen and oxygen atoms in total. The maximum Gasteiger partial charge on any atom is 0.197 e. The van der Waals surface area contributed by atoms with Crippen LogP contribution in [0, 0.1) is 6.92 Å². The van der Waals surface area contributed by atoms with E-state index >= 15 is 0 Å². The van der Waals surface area contributed by atoms with Gasteiger partial charge in [-0.2, -0.15) is 0 Å². The lowest BCUT2D eigenvalue weighted by Gasteiger charge is -1.94. The van der Waals surface area contributed by atoms with Crippen molar-refractivity contribution >= 4 is 11.2 Å². The third-order valence-electron chi connectivity index (χ3n) is 2.14. The van der Waals surface area contributed by atoms with Crippen molar-refractivity contribution in [3.05, 3.63) is 30.4 Å². The molecule has 15 heavy (non-hydrogen) atoms. The third-order valence-corrected chi connectivity index (χ3v) is 2.14. The van der Waals surface area contributed by atoms with Gasteiger partial charge >= 0.3 is 0 Å². The van der Waals surface area contributed by atoms with Crippen LogP contribution >= 0.6 is 0 Å². The fraction of sp³-hybridized carbons (Fsp3) is 0.100. The van der Waals surface area contributed by atoms with Gasteiger partial charge in [-0.3, -0.25) is 0 Å². The summed E-state index contributed by atoms with van der Waals surface area (Å²) in [5.41, 5.74) is 1.47. The average molecular weight is 200 g/mol. The Morgan fingerprint density at radius 1 is 1.27 bits per heavy atom. The maximum atomic E-state index is 5.44. The molecule has 3 heterocycles. The second-order valence-electron chi connectivity index (χ2n) is 3.24. The quantitative estimate of drug-likeness (QED) is 0.651. The number of nitrogens with zero attached hydrogens (tertiary/aromatic N) is 3. The number of imidazole rings is 1. The SMILES string of the molecule is Cc1ccc(-c2ncc3nc[nH]c3n2)o1. The molecule has 3 aromatic heterocycles. The molecular weight excluding hydrogens is 192 g/mol. The number of aryl methyl sites for hydroxylation is 1. The summed E-state index contributed by atoms with van der Waals surface area (Å²) in [5, 5.41) is 0. The van der Waals surface area contributed by atoms with Crippen LogP contribution in [0.3, 0.4) is 0 Å². The first-order valence-corrected chi connectivity index (χ1v) is 4.56. The molecule has 0 spiro atoms. The lowest BCUT2D eigenvalue weighted by atomic mass is 10.4. The highest BCUT2D eigenvalue weighted by Crippen LogP contribution is 2.18. The summed E-state index contributed by atoms with van der Waals surface area (Å²) in [6.45, 7) is 1.89. The summed E-state index contributed by atoms with van der Waals surface area (Å²) < 4.78 is 5.44. The largest absolute Gasteiger partial charge is 0.458 e. The number of hydrogen-bond donors (Lipinski definition) is 1. The van der Waals surface area contributed by atoms with Gasteiger partial charge in [0.25, 0.3) is 0 Å². The molecule has 0 radical (unpaired) electrons. The van der Waals surface area contributed by atoms with Gasteiger partial charge in [0.05, 0.1) is 12.5 Å². The van der Waals surface area contributed by atoms with Crippen LogP contribution in [-0.2, 0) is 0 Å². The van der Waals surface area contributed by atoms with E-state index in [0.29, 0.717) is 17.2 Å². The molecule has 1 N–H and O–H groups in total. The highest BCUT2D eigenvalue weighted by molar-refractivity contribution is 5.70. The van der Waals surface area contributed by atoms with Gasteiger partial charge in [0.1, 0.15) is 11.3 Å². The Bertz CT molecular complexity index is 610. The standard InChI is InChI=1S/C10H8N4O/c1-6-2-3-8(15-6)10-11-4-7-9(14-10)13-5-12-7/h2-5H,1H3,(H,11,12,13,14). The Balaban J connectivity index is 2.18. The molecule has 0 unspecified atom stereocenters. The molecule has 0 aliphatic carbocycles. The van der Waals surface area contributed by atoms with Gasteiger partial charge in [-0.1, -0.05) is 0 Å². The number of nitrogens with one attached hydrogen (secondary N) is 1. The average Bonchev–Trinajstić information content (AvgIpc) is 2.84. The van der Waals surface area contributed by atoms with E-state index in [-0.39, 0.29) is 0 Å². The fourth-order valence-corrected chi connectivity index (χ4v) is 1.41. The predicted octanol–water partition coefficient (Wildman–Crippen LogP) is 1.92. The van der Waals surface area contributed by atoms with Gasteiger partial charge < -0.3 is 9.40 Å². The zero-order valence-corrected chi connectivity index (χ0v) is 8.06. The zero-order valence-electron chi connectivity index (χ0n) is 8.06. The van der Waals surface area contributed by atoms with Gasteiger partial charge in [0.15, 0.2) is 17.2 Å². The minimum atomic E-state index is 0.569. The molecule has 0 aromatic carbocycles. The van der Waals surface area contributed by atoms with E-state index in [1.54, 1.807) is 12.5 Å².